The van der Waals surface area contributed by atoms with Crippen LogP contribution in [0.15, 0.2) is 18.2 Å². The van der Waals surface area contributed by atoms with Crippen molar-refractivity contribution in [3.05, 3.63) is 35.1 Å². The van der Waals surface area contributed by atoms with Crippen LogP contribution in [0, 0.1) is 5.82 Å². The number of hydrogen-bond acceptors (Lipinski definition) is 2. The summed E-state index contributed by atoms with van der Waals surface area (Å²) in [7, 11) is 0. The monoisotopic (exact) mass is 404 g/mol. The molecule has 1 aromatic rings. The highest BCUT2D eigenvalue weighted by Crippen LogP contribution is 2.34. The standard InChI is InChI=1S/C17H24F4N2.2ClH/c1-2-3-4-5-16(23-10-8-22-9-11-23)13-6-7-14(15(18)12-13)17(19,20)21;;/h6-7,12,16,22H,2-5,8-11H2,1H3;2*1H/t16-;;/m0../s1. The average Bonchev–Trinajstić information content (AvgIpc) is 2.51. The summed E-state index contributed by atoms with van der Waals surface area (Å²) in [6, 6.07) is 3.37. The molecule has 1 N–H and O–H groups in total. The quantitative estimate of drug-likeness (QED) is 0.516. The van der Waals surface area contributed by atoms with Gasteiger partial charge in [-0.1, -0.05) is 32.3 Å². The maximum absolute atomic E-state index is 13.9. The Balaban J connectivity index is 0.00000288. The number of nitrogens with one attached hydrogen (secondary N) is 1. The van der Waals surface area contributed by atoms with Gasteiger partial charge in [-0.25, -0.2) is 4.39 Å². The van der Waals surface area contributed by atoms with Crippen molar-refractivity contribution in [1.82, 2.24) is 10.2 Å². The van der Waals surface area contributed by atoms with Gasteiger partial charge in [0.1, 0.15) is 5.82 Å². The number of rotatable bonds is 6. The maximum atomic E-state index is 13.9. The van der Waals surface area contributed by atoms with Gasteiger partial charge in [0.2, 0.25) is 0 Å². The van der Waals surface area contributed by atoms with Gasteiger partial charge in [-0.3, -0.25) is 4.90 Å². The maximum Gasteiger partial charge on any atom is 0.419 e. The van der Waals surface area contributed by atoms with Gasteiger partial charge >= 0.3 is 6.18 Å². The van der Waals surface area contributed by atoms with Gasteiger partial charge in [0.05, 0.1) is 5.56 Å². The third-order valence-corrected chi connectivity index (χ3v) is 4.36. The molecule has 2 nitrogen and oxygen atoms in total. The van der Waals surface area contributed by atoms with E-state index in [-0.39, 0.29) is 30.9 Å². The minimum absolute atomic E-state index is 0. The van der Waals surface area contributed by atoms with E-state index in [1.807, 2.05) is 0 Å². The third-order valence-electron chi connectivity index (χ3n) is 4.36. The molecule has 0 amide bonds. The number of unbranched alkanes of at least 4 members (excludes halogenated alkanes) is 2. The second-order valence-corrected chi connectivity index (χ2v) is 6.03. The second kappa shape index (κ2) is 11.2. The molecule has 1 heterocycles. The highest BCUT2D eigenvalue weighted by molar-refractivity contribution is 5.85. The fourth-order valence-electron chi connectivity index (χ4n) is 3.11. The molecule has 0 aromatic heterocycles. The zero-order chi connectivity index (χ0) is 16.9. The number of alkyl halides is 3. The van der Waals surface area contributed by atoms with E-state index >= 15 is 0 Å². The second-order valence-electron chi connectivity index (χ2n) is 6.03. The van der Waals surface area contributed by atoms with E-state index in [9.17, 15) is 17.6 Å². The molecule has 0 aliphatic carbocycles. The van der Waals surface area contributed by atoms with E-state index < -0.39 is 17.6 Å². The van der Waals surface area contributed by atoms with Gasteiger partial charge in [-0.2, -0.15) is 13.2 Å². The first-order valence-electron chi connectivity index (χ1n) is 8.25. The summed E-state index contributed by atoms with van der Waals surface area (Å²) < 4.78 is 52.1. The Labute approximate surface area is 159 Å². The van der Waals surface area contributed by atoms with Crippen molar-refractivity contribution < 1.29 is 17.6 Å². The van der Waals surface area contributed by atoms with Crippen LogP contribution in [-0.4, -0.2) is 31.1 Å². The Bertz CT molecular complexity index is 506. The van der Waals surface area contributed by atoms with Crippen LogP contribution in [-0.2, 0) is 6.18 Å². The number of hydrogen-bond donors (Lipinski definition) is 1. The Kier molecular flexibility index (Phi) is 11.0. The van der Waals surface area contributed by atoms with Crippen LogP contribution in [0.25, 0.3) is 0 Å². The van der Waals surface area contributed by atoms with Gasteiger partial charge < -0.3 is 5.32 Å². The van der Waals surface area contributed by atoms with E-state index in [1.54, 1.807) is 0 Å². The van der Waals surface area contributed by atoms with Gasteiger partial charge in [-0.15, -0.1) is 24.8 Å². The zero-order valence-electron chi connectivity index (χ0n) is 14.2. The Morgan fingerprint density at radius 1 is 1.12 bits per heavy atom. The van der Waals surface area contributed by atoms with Crippen molar-refractivity contribution in [2.75, 3.05) is 26.2 Å². The third kappa shape index (κ3) is 6.93. The lowest BCUT2D eigenvalue weighted by Gasteiger charge is -2.35. The van der Waals surface area contributed by atoms with Crippen molar-refractivity contribution in [2.45, 2.75) is 44.8 Å². The van der Waals surface area contributed by atoms with Crippen molar-refractivity contribution in [2.24, 2.45) is 0 Å². The summed E-state index contributed by atoms with van der Waals surface area (Å²) in [6.45, 7) is 5.48. The Morgan fingerprint density at radius 2 is 1.76 bits per heavy atom. The van der Waals surface area contributed by atoms with Crippen LogP contribution in [0.1, 0.15) is 49.8 Å². The fourth-order valence-corrected chi connectivity index (χ4v) is 3.11. The summed E-state index contributed by atoms with van der Waals surface area (Å²) in [5, 5.41) is 3.26. The number of nitrogens with zero attached hydrogens (tertiary/aromatic N) is 1. The van der Waals surface area contributed by atoms with Crippen LogP contribution >= 0.6 is 24.8 Å². The number of halogens is 6. The van der Waals surface area contributed by atoms with E-state index in [0.29, 0.717) is 5.56 Å². The van der Waals surface area contributed by atoms with Gasteiger partial charge in [0.15, 0.2) is 0 Å². The summed E-state index contributed by atoms with van der Waals surface area (Å²) in [6.07, 6.45) is -0.650. The van der Waals surface area contributed by atoms with Crippen molar-refractivity contribution in [1.29, 1.82) is 0 Å². The molecule has 1 aliphatic rings. The topological polar surface area (TPSA) is 15.3 Å². The van der Waals surface area contributed by atoms with E-state index in [2.05, 4.69) is 17.1 Å². The molecule has 2 rings (SSSR count). The minimum Gasteiger partial charge on any atom is -0.314 e. The van der Waals surface area contributed by atoms with Crippen molar-refractivity contribution >= 4 is 24.8 Å². The van der Waals surface area contributed by atoms with Crippen LogP contribution < -0.4 is 5.32 Å². The molecule has 1 fully saturated rings. The molecule has 25 heavy (non-hydrogen) atoms. The summed E-state index contributed by atoms with van der Waals surface area (Å²) in [5.41, 5.74) is -0.539. The predicted molar refractivity (Wildman–Crippen MR) is 97.2 cm³/mol. The van der Waals surface area contributed by atoms with Crippen LogP contribution in [0.2, 0.25) is 0 Å². The minimum atomic E-state index is -4.64. The lowest BCUT2D eigenvalue weighted by molar-refractivity contribution is -0.140. The first kappa shape index (κ1) is 24.4. The van der Waals surface area contributed by atoms with Gasteiger partial charge in [0.25, 0.3) is 0 Å². The zero-order valence-corrected chi connectivity index (χ0v) is 15.9. The molecule has 1 aliphatic heterocycles. The highest BCUT2D eigenvalue weighted by Gasteiger charge is 2.34. The molecule has 1 atom stereocenters. The number of benzene rings is 1. The molecule has 0 bridgehead atoms. The van der Waals surface area contributed by atoms with Crippen LogP contribution in [0.4, 0.5) is 17.6 Å². The predicted octanol–water partition coefficient (Wildman–Crippen LogP) is 5.21. The first-order chi connectivity index (χ1) is 10.9. The molecule has 1 saturated heterocycles. The van der Waals surface area contributed by atoms with Gasteiger partial charge in [0, 0.05) is 32.2 Å². The van der Waals surface area contributed by atoms with Crippen molar-refractivity contribution in [3.63, 3.8) is 0 Å². The molecule has 0 radical (unpaired) electrons. The fraction of sp³-hybridized carbons (Fsp3) is 0.647. The number of piperazine rings is 1. The molecular weight excluding hydrogens is 379 g/mol. The average molecular weight is 405 g/mol. The Morgan fingerprint density at radius 3 is 2.28 bits per heavy atom. The molecular formula is C17H26Cl2F4N2. The largest absolute Gasteiger partial charge is 0.419 e. The van der Waals surface area contributed by atoms with E-state index in [4.69, 9.17) is 0 Å². The lowest BCUT2D eigenvalue weighted by atomic mass is 9.96. The van der Waals surface area contributed by atoms with Gasteiger partial charge in [-0.05, 0) is 24.1 Å². The van der Waals surface area contributed by atoms with Crippen LogP contribution in [0.3, 0.4) is 0 Å². The van der Waals surface area contributed by atoms with Crippen molar-refractivity contribution in [3.8, 4) is 0 Å². The SMILES string of the molecule is CCCCC[C@@H](c1ccc(C(F)(F)F)c(F)c1)N1CCNCC1.Cl.Cl. The summed E-state index contributed by atoms with van der Waals surface area (Å²) in [4.78, 5) is 2.24. The smallest absolute Gasteiger partial charge is 0.314 e. The lowest BCUT2D eigenvalue weighted by Crippen LogP contribution is -2.45. The molecule has 0 spiro atoms. The molecule has 8 heteroatoms. The normalized spacial score (nSPS) is 16.7. The molecule has 1 aromatic carbocycles. The Hall–Kier alpha value is -0.560. The molecule has 0 saturated carbocycles. The molecule has 146 valence electrons. The summed E-state index contributed by atoms with van der Waals surface area (Å²) >= 11 is 0. The highest BCUT2D eigenvalue weighted by atomic mass is 35.5. The van der Waals surface area contributed by atoms with Crippen LogP contribution in [0.5, 0.6) is 0 Å². The van der Waals surface area contributed by atoms with E-state index in [0.717, 1.165) is 64.0 Å². The van der Waals surface area contributed by atoms with E-state index in [1.165, 1.54) is 6.07 Å². The molecule has 0 unspecified atom stereocenters. The summed E-state index contributed by atoms with van der Waals surface area (Å²) in [5.74, 6) is -1.18. The first-order valence-corrected chi connectivity index (χ1v) is 8.25.